The maximum atomic E-state index is 13.3. The zero-order chi connectivity index (χ0) is 20.4. The fourth-order valence-electron chi connectivity index (χ4n) is 3.77. The fourth-order valence-corrected chi connectivity index (χ4v) is 5.46. The third kappa shape index (κ3) is 4.04. The lowest BCUT2D eigenvalue weighted by Crippen LogP contribution is -2.45. The normalized spacial score (nSPS) is 17.5. The zero-order valence-corrected chi connectivity index (χ0v) is 17.2. The first-order chi connectivity index (χ1) is 13.9. The van der Waals surface area contributed by atoms with Crippen molar-refractivity contribution in [3.05, 3.63) is 77.9 Å². The molecule has 29 heavy (non-hydrogen) atoms. The molecule has 0 spiro atoms. The van der Waals surface area contributed by atoms with Crippen LogP contribution in [0.5, 0.6) is 0 Å². The first-order valence-electron chi connectivity index (χ1n) is 9.79. The number of carbonyl (C=O) groups is 1. The van der Waals surface area contributed by atoms with E-state index < -0.39 is 16.1 Å². The SMILES string of the molecule is Cc1ccc(CNC(=O)[C@@H]2CCCN2S(=O)(=O)c2ccc3ccccc3c2)cc1. The molecule has 1 atom stereocenters. The van der Waals surface area contributed by atoms with Crippen LogP contribution in [0.15, 0.2) is 71.6 Å². The molecule has 150 valence electrons. The van der Waals surface area contributed by atoms with Gasteiger partial charge in [0, 0.05) is 13.1 Å². The van der Waals surface area contributed by atoms with E-state index in [9.17, 15) is 13.2 Å². The molecular weight excluding hydrogens is 384 g/mol. The summed E-state index contributed by atoms with van der Waals surface area (Å²) < 4.78 is 27.9. The Morgan fingerprint density at radius 2 is 1.76 bits per heavy atom. The smallest absolute Gasteiger partial charge is 0.243 e. The van der Waals surface area contributed by atoms with Crippen LogP contribution in [0.1, 0.15) is 24.0 Å². The van der Waals surface area contributed by atoms with E-state index in [1.54, 1.807) is 12.1 Å². The van der Waals surface area contributed by atoms with Crippen molar-refractivity contribution in [3.8, 4) is 0 Å². The first-order valence-corrected chi connectivity index (χ1v) is 11.2. The molecule has 6 heteroatoms. The molecule has 3 aromatic carbocycles. The molecule has 1 amide bonds. The molecule has 0 bridgehead atoms. The lowest BCUT2D eigenvalue weighted by atomic mass is 10.1. The van der Waals surface area contributed by atoms with Crippen LogP contribution in [0.4, 0.5) is 0 Å². The summed E-state index contributed by atoms with van der Waals surface area (Å²) in [7, 11) is -3.74. The van der Waals surface area contributed by atoms with Crippen LogP contribution in [-0.2, 0) is 21.4 Å². The highest BCUT2D eigenvalue weighted by Crippen LogP contribution is 2.28. The second-order valence-corrected chi connectivity index (χ2v) is 9.38. The first kappa shape index (κ1) is 19.6. The molecule has 1 aliphatic heterocycles. The number of hydrogen-bond donors (Lipinski definition) is 1. The van der Waals surface area contributed by atoms with Gasteiger partial charge in [0.25, 0.3) is 0 Å². The Labute approximate surface area is 171 Å². The van der Waals surface area contributed by atoms with Crippen molar-refractivity contribution >= 4 is 26.7 Å². The standard InChI is InChI=1S/C23H24N2O3S/c1-17-8-10-18(11-9-17)16-24-23(26)22-7-4-14-25(22)29(27,28)21-13-12-19-5-2-3-6-20(19)15-21/h2-3,5-6,8-13,15,22H,4,7,14,16H2,1H3,(H,24,26)/t22-/m0/s1. The van der Waals surface area contributed by atoms with Gasteiger partial charge in [0.15, 0.2) is 0 Å². The van der Waals surface area contributed by atoms with Crippen molar-refractivity contribution in [2.45, 2.75) is 37.2 Å². The summed E-state index contributed by atoms with van der Waals surface area (Å²) in [5.41, 5.74) is 2.15. The van der Waals surface area contributed by atoms with Crippen molar-refractivity contribution in [1.82, 2.24) is 9.62 Å². The van der Waals surface area contributed by atoms with E-state index in [-0.39, 0.29) is 10.8 Å². The number of fused-ring (bicyclic) bond motifs is 1. The molecule has 0 unspecified atom stereocenters. The lowest BCUT2D eigenvalue weighted by Gasteiger charge is -2.23. The lowest BCUT2D eigenvalue weighted by molar-refractivity contribution is -0.124. The minimum Gasteiger partial charge on any atom is -0.351 e. The molecule has 1 saturated heterocycles. The monoisotopic (exact) mass is 408 g/mol. The van der Waals surface area contributed by atoms with Gasteiger partial charge in [-0.05, 0) is 48.2 Å². The topological polar surface area (TPSA) is 66.5 Å². The number of benzene rings is 3. The highest BCUT2D eigenvalue weighted by atomic mass is 32.2. The number of hydrogen-bond acceptors (Lipinski definition) is 3. The van der Waals surface area contributed by atoms with Gasteiger partial charge in [0.2, 0.25) is 15.9 Å². The average Bonchev–Trinajstić information content (AvgIpc) is 3.24. The molecule has 0 saturated carbocycles. The van der Waals surface area contributed by atoms with Gasteiger partial charge in [-0.25, -0.2) is 8.42 Å². The van der Waals surface area contributed by atoms with Crippen molar-refractivity contribution in [2.24, 2.45) is 0 Å². The number of carbonyl (C=O) groups excluding carboxylic acids is 1. The van der Waals surface area contributed by atoms with E-state index >= 15 is 0 Å². The number of amides is 1. The van der Waals surface area contributed by atoms with E-state index in [0.29, 0.717) is 25.9 Å². The molecule has 1 heterocycles. The molecule has 0 aromatic heterocycles. The maximum Gasteiger partial charge on any atom is 0.243 e. The maximum absolute atomic E-state index is 13.3. The summed E-state index contributed by atoms with van der Waals surface area (Å²) in [6.45, 7) is 2.76. The predicted molar refractivity (Wildman–Crippen MR) is 114 cm³/mol. The number of nitrogens with one attached hydrogen (secondary N) is 1. The molecular formula is C23H24N2O3S. The highest BCUT2D eigenvalue weighted by Gasteiger charge is 2.39. The fraction of sp³-hybridized carbons (Fsp3) is 0.261. The molecule has 1 N–H and O–H groups in total. The average molecular weight is 409 g/mol. The van der Waals surface area contributed by atoms with E-state index in [4.69, 9.17) is 0 Å². The summed E-state index contributed by atoms with van der Waals surface area (Å²) in [5, 5.41) is 4.75. The number of nitrogens with zero attached hydrogens (tertiary/aromatic N) is 1. The van der Waals surface area contributed by atoms with Gasteiger partial charge >= 0.3 is 0 Å². The van der Waals surface area contributed by atoms with Gasteiger partial charge in [-0.15, -0.1) is 0 Å². The summed E-state index contributed by atoms with van der Waals surface area (Å²) in [6.07, 6.45) is 1.21. The second-order valence-electron chi connectivity index (χ2n) is 7.49. The molecule has 4 rings (SSSR count). The largest absolute Gasteiger partial charge is 0.351 e. The summed E-state index contributed by atoms with van der Waals surface area (Å²) in [6, 6.07) is 20.0. The van der Waals surface area contributed by atoms with E-state index in [1.165, 1.54) is 4.31 Å². The van der Waals surface area contributed by atoms with Gasteiger partial charge < -0.3 is 5.32 Å². The van der Waals surface area contributed by atoms with Gasteiger partial charge in [-0.1, -0.05) is 60.2 Å². The van der Waals surface area contributed by atoms with Crippen LogP contribution in [0.2, 0.25) is 0 Å². The Balaban J connectivity index is 1.52. The van der Waals surface area contributed by atoms with Gasteiger partial charge in [0.1, 0.15) is 6.04 Å². The molecule has 1 fully saturated rings. The van der Waals surface area contributed by atoms with E-state index in [1.807, 2.05) is 61.5 Å². The Hall–Kier alpha value is -2.70. The van der Waals surface area contributed by atoms with Crippen LogP contribution >= 0.6 is 0 Å². The zero-order valence-electron chi connectivity index (χ0n) is 16.3. The van der Waals surface area contributed by atoms with Crippen molar-refractivity contribution in [1.29, 1.82) is 0 Å². The Bertz CT molecular complexity index is 1140. The van der Waals surface area contributed by atoms with Crippen LogP contribution in [-0.4, -0.2) is 31.2 Å². The Morgan fingerprint density at radius 1 is 1.03 bits per heavy atom. The molecule has 5 nitrogen and oxygen atoms in total. The summed E-state index contributed by atoms with van der Waals surface area (Å²) in [4.78, 5) is 13.0. The molecule has 1 aliphatic rings. The van der Waals surface area contributed by atoms with Gasteiger partial charge in [0.05, 0.1) is 4.90 Å². The number of rotatable bonds is 5. The van der Waals surface area contributed by atoms with Crippen molar-refractivity contribution < 1.29 is 13.2 Å². The third-order valence-electron chi connectivity index (χ3n) is 5.42. The van der Waals surface area contributed by atoms with Crippen LogP contribution < -0.4 is 5.32 Å². The number of sulfonamides is 1. The van der Waals surface area contributed by atoms with Crippen LogP contribution in [0.25, 0.3) is 10.8 Å². The Morgan fingerprint density at radius 3 is 2.52 bits per heavy atom. The molecule has 0 radical (unpaired) electrons. The van der Waals surface area contributed by atoms with Gasteiger partial charge in [-0.2, -0.15) is 4.31 Å². The molecule has 3 aromatic rings. The van der Waals surface area contributed by atoms with Crippen molar-refractivity contribution in [3.63, 3.8) is 0 Å². The quantitative estimate of drug-likeness (QED) is 0.701. The van der Waals surface area contributed by atoms with E-state index in [2.05, 4.69) is 5.32 Å². The third-order valence-corrected chi connectivity index (χ3v) is 7.33. The van der Waals surface area contributed by atoms with Crippen LogP contribution in [0.3, 0.4) is 0 Å². The van der Waals surface area contributed by atoms with Gasteiger partial charge in [-0.3, -0.25) is 4.79 Å². The predicted octanol–water partition coefficient (Wildman–Crippen LogP) is 3.62. The minimum atomic E-state index is -3.74. The minimum absolute atomic E-state index is 0.231. The summed E-state index contributed by atoms with van der Waals surface area (Å²) in [5.74, 6) is -0.243. The van der Waals surface area contributed by atoms with Crippen LogP contribution in [0, 0.1) is 6.92 Å². The van der Waals surface area contributed by atoms with E-state index in [0.717, 1.165) is 21.9 Å². The highest BCUT2D eigenvalue weighted by molar-refractivity contribution is 7.89. The Kier molecular flexibility index (Phi) is 5.39. The molecule has 0 aliphatic carbocycles. The second kappa shape index (κ2) is 7.97. The number of aryl methyl sites for hydroxylation is 1. The van der Waals surface area contributed by atoms with Crippen molar-refractivity contribution in [2.75, 3.05) is 6.54 Å². The summed E-state index contributed by atoms with van der Waals surface area (Å²) >= 11 is 0.